The fraction of sp³-hybridized carbons (Fsp3) is 0.917. The zero-order chi connectivity index (χ0) is 13.6. The number of hydrogen-bond acceptors (Lipinski definition) is 2. The third-order valence-corrected chi connectivity index (χ3v) is 3.38. The Kier molecular flexibility index (Phi) is 5.44. The van der Waals surface area contributed by atoms with Crippen molar-refractivity contribution < 1.29 is 18.0 Å². The van der Waals surface area contributed by atoms with E-state index in [1.807, 2.05) is 6.92 Å². The molecule has 0 saturated carbocycles. The van der Waals surface area contributed by atoms with E-state index in [0.717, 1.165) is 32.2 Å². The summed E-state index contributed by atoms with van der Waals surface area (Å²) in [5.41, 5.74) is -0.515. The maximum absolute atomic E-state index is 12.1. The molecule has 0 aliphatic carbocycles. The molecular formula is C12H21F3N2O. The van der Waals surface area contributed by atoms with Gasteiger partial charge in [0.25, 0.3) is 0 Å². The Balaban J connectivity index is 2.49. The molecule has 1 heterocycles. The molecule has 3 nitrogen and oxygen atoms in total. The molecule has 1 fully saturated rings. The molecule has 0 spiro atoms. The molecule has 1 amide bonds. The first kappa shape index (κ1) is 15.3. The van der Waals surface area contributed by atoms with E-state index in [9.17, 15) is 18.0 Å². The monoisotopic (exact) mass is 266 g/mol. The summed E-state index contributed by atoms with van der Waals surface area (Å²) >= 11 is 0. The molecule has 0 aromatic rings. The number of alkyl halides is 3. The lowest BCUT2D eigenvalue weighted by atomic mass is 9.76. The maximum Gasteiger partial charge on any atom is 0.390 e. The zero-order valence-electron chi connectivity index (χ0n) is 10.7. The van der Waals surface area contributed by atoms with Crippen LogP contribution in [0.4, 0.5) is 13.2 Å². The first-order valence-electron chi connectivity index (χ1n) is 6.45. The minimum absolute atomic E-state index is 0.235. The summed E-state index contributed by atoms with van der Waals surface area (Å²) in [5, 5.41) is 5.60. The van der Waals surface area contributed by atoms with Crippen LogP contribution in [0.5, 0.6) is 0 Å². The fourth-order valence-electron chi connectivity index (χ4n) is 2.47. The van der Waals surface area contributed by atoms with Gasteiger partial charge in [0.2, 0.25) is 5.91 Å². The summed E-state index contributed by atoms with van der Waals surface area (Å²) in [4.78, 5) is 12.1. The molecule has 0 radical (unpaired) electrons. The van der Waals surface area contributed by atoms with E-state index >= 15 is 0 Å². The molecule has 106 valence electrons. The van der Waals surface area contributed by atoms with Crippen molar-refractivity contribution in [1.82, 2.24) is 10.6 Å². The van der Waals surface area contributed by atoms with E-state index in [1.54, 1.807) is 0 Å². The summed E-state index contributed by atoms with van der Waals surface area (Å²) < 4.78 is 36.1. The van der Waals surface area contributed by atoms with E-state index in [-0.39, 0.29) is 12.5 Å². The number of carbonyl (C=O) groups excluding carboxylic acids is 1. The van der Waals surface area contributed by atoms with Crippen molar-refractivity contribution in [2.24, 2.45) is 5.41 Å². The van der Waals surface area contributed by atoms with Gasteiger partial charge in [0, 0.05) is 13.1 Å². The molecule has 2 N–H and O–H groups in total. The van der Waals surface area contributed by atoms with Crippen LogP contribution in [0.3, 0.4) is 0 Å². The summed E-state index contributed by atoms with van der Waals surface area (Å²) in [6, 6.07) is 0. The molecule has 6 heteroatoms. The van der Waals surface area contributed by atoms with Crippen LogP contribution in [-0.2, 0) is 4.79 Å². The van der Waals surface area contributed by atoms with Gasteiger partial charge in [-0.1, -0.05) is 13.3 Å². The van der Waals surface area contributed by atoms with Crippen molar-refractivity contribution in [2.75, 3.05) is 19.6 Å². The molecule has 18 heavy (non-hydrogen) atoms. The first-order valence-corrected chi connectivity index (χ1v) is 6.45. The lowest BCUT2D eigenvalue weighted by Crippen LogP contribution is -2.50. The Morgan fingerprint density at radius 3 is 2.67 bits per heavy atom. The Hall–Kier alpha value is -0.780. The standard InChI is InChI=1S/C12H21F3N2O/c1-2-4-11(5-3-7-16-9-11)10(18)17-8-6-12(13,14)15/h16H,2-9H2,1H3,(H,17,18). The van der Waals surface area contributed by atoms with Gasteiger partial charge in [0.15, 0.2) is 0 Å². The van der Waals surface area contributed by atoms with Crippen LogP contribution >= 0.6 is 0 Å². The lowest BCUT2D eigenvalue weighted by Gasteiger charge is -2.36. The number of nitrogens with one attached hydrogen (secondary N) is 2. The Labute approximate surface area is 106 Å². The van der Waals surface area contributed by atoms with E-state index < -0.39 is 18.0 Å². The second kappa shape index (κ2) is 6.41. The summed E-state index contributed by atoms with van der Waals surface area (Å²) in [6.45, 7) is 3.10. The van der Waals surface area contributed by atoms with Crippen molar-refractivity contribution in [2.45, 2.75) is 45.2 Å². The predicted molar refractivity (Wildman–Crippen MR) is 63.1 cm³/mol. The highest BCUT2D eigenvalue weighted by Crippen LogP contribution is 2.32. The topological polar surface area (TPSA) is 41.1 Å². The number of amides is 1. The Morgan fingerprint density at radius 2 is 2.17 bits per heavy atom. The highest BCUT2D eigenvalue weighted by atomic mass is 19.4. The van der Waals surface area contributed by atoms with Crippen LogP contribution in [0.2, 0.25) is 0 Å². The summed E-state index contributed by atoms with van der Waals surface area (Å²) in [5.74, 6) is -0.235. The summed E-state index contributed by atoms with van der Waals surface area (Å²) in [7, 11) is 0. The molecule has 1 saturated heterocycles. The third-order valence-electron chi connectivity index (χ3n) is 3.38. The van der Waals surface area contributed by atoms with Gasteiger partial charge in [-0.2, -0.15) is 13.2 Å². The molecule has 1 atom stereocenters. The number of rotatable bonds is 5. The Bertz CT molecular complexity index is 267. The predicted octanol–water partition coefficient (Wildman–Crippen LogP) is 2.22. The van der Waals surface area contributed by atoms with Crippen molar-refractivity contribution in [3.05, 3.63) is 0 Å². The van der Waals surface area contributed by atoms with Crippen LogP contribution in [0.25, 0.3) is 0 Å². The second-order valence-electron chi connectivity index (χ2n) is 4.93. The van der Waals surface area contributed by atoms with Crippen LogP contribution < -0.4 is 10.6 Å². The zero-order valence-corrected chi connectivity index (χ0v) is 10.7. The van der Waals surface area contributed by atoms with Crippen molar-refractivity contribution in [1.29, 1.82) is 0 Å². The maximum atomic E-state index is 12.1. The molecule has 1 aliphatic rings. The molecule has 0 aromatic heterocycles. The lowest BCUT2D eigenvalue weighted by molar-refractivity contribution is -0.139. The number of piperidine rings is 1. The van der Waals surface area contributed by atoms with Gasteiger partial charge in [0.1, 0.15) is 0 Å². The van der Waals surface area contributed by atoms with Gasteiger partial charge in [-0.25, -0.2) is 0 Å². The van der Waals surface area contributed by atoms with E-state index in [4.69, 9.17) is 0 Å². The van der Waals surface area contributed by atoms with E-state index in [1.165, 1.54) is 0 Å². The largest absolute Gasteiger partial charge is 0.390 e. The number of hydrogen-bond donors (Lipinski definition) is 2. The average molecular weight is 266 g/mol. The minimum atomic E-state index is -4.21. The van der Waals surface area contributed by atoms with Crippen molar-refractivity contribution in [3.63, 3.8) is 0 Å². The molecule has 1 rings (SSSR count). The minimum Gasteiger partial charge on any atom is -0.355 e. The number of halogens is 3. The molecular weight excluding hydrogens is 245 g/mol. The normalized spacial score (nSPS) is 24.9. The number of carbonyl (C=O) groups is 1. The van der Waals surface area contributed by atoms with E-state index in [0.29, 0.717) is 6.54 Å². The van der Waals surface area contributed by atoms with Crippen LogP contribution in [0.15, 0.2) is 0 Å². The van der Waals surface area contributed by atoms with E-state index in [2.05, 4.69) is 10.6 Å². The van der Waals surface area contributed by atoms with Crippen LogP contribution in [-0.4, -0.2) is 31.7 Å². The molecule has 0 aromatic carbocycles. The average Bonchev–Trinajstić information content (AvgIpc) is 2.29. The molecule has 1 aliphatic heterocycles. The SMILES string of the molecule is CCCC1(C(=O)NCCC(F)(F)F)CCCNC1. The quantitative estimate of drug-likeness (QED) is 0.801. The van der Waals surface area contributed by atoms with Crippen LogP contribution in [0.1, 0.15) is 39.0 Å². The van der Waals surface area contributed by atoms with Gasteiger partial charge >= 0.3 is 6.18 Å². The fourth-order valence-corrected chi connectivity index (χ4v) is 2.47. The van der Waals surface area contributed by atoms with Crippen molar-refractivity contribution >= 4 is 5.91 Å². The highest BCUT2D eigenvalue weighted by molar-refractivity contribution is 5.83. The van der Waals surface area contributed by atoms with Gasteiger partial charge in [-0.05, 0) is 25.8 Å². The summed E-state index contributed by atoms with van der Waals surface area (Å²) in [6.07, 6.45) is -1.95. The smallest absolute Gasteiger partial charge is 0.355 e. The molecule has 0 bridgehead atoms. The first-order chi connectivity index (χ1) is 8.40. The van der Waals surface area contributed by atoms with Gasteiger partial charge in [-0.15, -0.1) is 0 Å². The van der Waals surface area contributed by atoms with Crippen LogP contribution in [0, 0.1) is 5.41 Å². The van der Waals surface area contributed by atoms with Crippen molar-refractivity contribution in [3.8, 4) is 0 Å². The van der Waals surface area contributed by atoms with Gasteiger partial charge in [0.05, 0.1) is 11.8 Å². The third kappa shape index (κ3) is 4.48. The molecule has 1 unspecified atom stereocenters. The van der Waals surface area contributed by atoms with Gasteiger partial charge in [-0.3, -0.25) is 4.79 Å². The highest BCUT2D eigenvalue weighted by Gasteiger charge is 2.38. The Morgan fingerprint density at radius 1 is 1.44 bits per heavy atom. The second-order valence-corrected chi connectivity index (χ2v) is 4.93. The van der Waals surface area contributed by atoms with Gasteiger partial charge < -0.3 is 10.6 Å².